The molecule has 0 fully saturated rings. The van der Waals surface area contributed by atoms with Crippen molar-refractivity contribution in [2.45, 2.75) is 25.8 Å². The Balaban J connectivity index is 0.00000312. The van der Waals surface area contributed by atoms with Gasteiger partial charge in [-0.1, -0.05) is 26.0 Å². The summed E-state index contributed by atoms with van der Waals surface area (Å²) in [7, 11) is 5.30. The number of benzene rings is 1. The Morgan fingerprint density at radius 1 is 1.24 bits per heavy atom. The van der Waals surface area contributed by atoms with E-state index in [9.17, 15) is 0 Å². The van der Waals surface area contributed by atoms with Gasteiger partial charge in [0.15, 0.2) is 5.96 Å². The summed E-state index contributed by atoms with van der Waals surface area (Å²) in [6, 6.07) is 8.16. The summed E-state index contributed by atoms with van der Waals surface area (Å²) >= 11 is 0. The van der Waals surface area contributed by atoms with Crippen LogP contribution < -0.4 is 15.4 Å². The molecule has 0 aliphatic rings. The SMILES string of the molecule is CN=C(NCc1ncnn1C)NCC(C)(C)c1ccc(OC)cc1.I. The first kappa shape index (κ1) is 21.2. The van der Waals surface area contributed by atoms with Crippen molar-refractivity contribution in [2.75, 3.05) is 20.7 Å². The molecular weight excluding hydrogens is 431 g/mol. The number of methoxy groups -OCH3 is 1. The second kappa shape index (κ2) is 9.59. The fraction of sp³-hybridized carbons (Fsp3) is 0.471. The monoisotopic (exact) mass is 458 g/mol. The van der Waals surface area contributed by atoms with E-state index in [1.54, 1.807) is 25.2 Å². The molecule has 0 aliphatic carbocycles. The predicted octanol–water partition coefficient (Wildman–Crippen LogP) is 2.08. The van der Waals surface area contributed by atoms with Crippen molar-refractivity contribution >= 4 is 29.9 Å². The predicted molar refractivity (Wildman–Crippen MR) is 111 cm³/mol. The molecule has 2 aromatic rings. The Bertz CT molecular complexity index is 681. The molecule has 0 spiro atoms. The first-order valence-electron chi connectivity index (χ1n) is 7.88. The number of rotatable bonds is 6. The molecule has 1 aromatic carbocycles. The van der Waals surface area contributed by atoms with Crippen LogP contribution in [0.15, 0.2) is 35.6 Å². The molecule has 0 radical (unpaired) electrons. The molecule has 1 aromatic heterocycles. The van der Waals surface area contributed by atoms with Crippen LogP contribution in [-0.4, -0.2) is 41.4 Å². The van der Waals surface area contributed by atoms with Gasteiger partial charge in [0.1, 0.15) is 17.9 Å². The van der Waals surface area contributed by atoms with Crippen molar-refractivity contribution in [3.05, 3.63) is 42.0 Å². The highest BCUT2D eigenvalue weighted by Crippen LogP contribution is 2.24. The number of aliphatic imine (C=N–C) groups is 1. The van der Waals surface area contributed by atoms with Gasteiger partial charge in [-0.15, -0.1) is 24.0 Å². The van der Waals surface area contributed by atoms with Crippen LogP contribution >= 0.6 is 24.0 Å². The molecule has 0 aliphatic heterocycles. The minimum atomic E-state index is -0.0470. The second-order valence-corrected chi connectivity index (χ2v) is 6.19. The van der Waals surface area contributed by atoms with E-state index in [0.29, 0.717) is 6.54 Å². The maximum Gasteiger partial charge on any atom is 0.191 e. The third kappa shape index (κ3) is 5.87. The summed E-state index contributed by atoms with van der Waals surface area (Å²) in [6.45, 7) is 5.70. The number of nitrogens with one attached hydrogen (secondary N) is 2. The smallest absolute Gasteiger partial charge is 0.191 e. The first-order chi connectivity index (χ1) is 11.5. The normalized spacial score (nSPS) is 11.6. The van der Waals surface area contributed by atoms with Gasteiger partial charge in [0.25, 0.3) is 0 Å². The standard InChI is InChI=1S/C17H26N6O.HI/c1-17(2,13-6-8-14(24-5)9-7-13)11-20-16(18-3)19-10-15-21-12-22-23(15)4;/h6-9,12H,10-11H2,1-5H3,(H2,18,19,20);1H. The van der Waals surface area contributed by atoms with Gasteiger partial charge in [0, 0.05) is 26.1 Å². The van der Waals surface area contributed by atoms with Gasteiger partial charge < -0.3 is 15.4 Å². The first-order valence-corrected chi connectivity index (χ1v) is 7.88. The third-order valence-corrected chi connectivity index (χ3v) is 4.01. The lowest BCUT2D eigenvalue weighted by atomic mass is 9.84. The quantitative estimate of drug-likeness (QED) is 0.394. The van der Waals surface area contributed by atoms with E-state index in [-0.39, 0.29) is 29.4 Å². The molecule has 0 saturated carbocycles. The molecule has 8 heteroatoms. The van der Waals surface area contributed by atoms with E-state index in [0.717, 1.165) is 24.1 Å². The fourth-order valence-electron chi connectivity index (χ4n) is 2.31. The Kier molecular flexibility index (Phi) is 8.14. The number of nitrogens with zero attached hydrogens (tertiary/aromatic N) is 4. The Hall–Kier alpha value is -1.84. The minimum absolute atomic E-state index is 0. The maximum atomic E-state index is 5.22. The molecular formula is C17H27IN6O. The zero-order valence-corrected chi connectivity index (χ0v) is 17.7. The highest BCUT2D eigenvalue weighted by atomic mass is 127. The van der Waals surface area contributed by atoms with Crippen LogP contribution in [0.25, 0.3) is 0 Å². The molecule has 7 nitrogen and oxygen atoms in total. The van der Waals surface area contributed by atoms with Gasteiger partial charge >= 0.3 is 0 Å². The van der Waals surface area contributed by atoms with Crippen molar-refractivity contribution in [1.29, 1.82) is 0 Å². The van der Waals surface area contributed by atoms with Gasteiger partial charge in [0.05, 0.1) is 13.7 Å². The topological polar surface area (TPSA) is 76.4 Å². The Morgan fingerprint density at radius 2 is 1.92 bits per heavy atom. The number of hydrogen-bond acceptors (Lipinski definition) is 4. The summed E-state index contributed by atoms with van der Waals surface area (Å²) in [5.74, 6) is 2.45. The highest BCUT2D eigenvalue weighted by Gasteiger charge is 2.21. The highest BCUT2D eigenvalue weighted by molar-refractivity contribution is 14.0. The summed E-state index contributed by atoms with van der Waals surface area (Å²) in [5, 5.41) is 10.7. The van der Waals surface area contributed by atoms with Crippen molar-refractivity contribution in [2.24, 2.45) is 12.0 Å². The number of aromatic nitrogens is 3. The van der Waals surface area contributed by atoms with Crippen LogP contribution in [0.3, 0.4) is 0 Å². The molecule has 0 saturated heterocycles. The Labute approximate surface area is 166 Å². The van der Waals surface area contributed by atoms with Crippen molar-refractivity contribution < 1.29 is 4.74 Å². The van der Waals surface area contributed by atoms with Gasteiger partial charge in [-0.25, -0.2) is 4.98 Å². The summed E-state index contributed by atoms with van der Waals surface area (Å²) in [5.41, 5.74) is 1.19. The van der Waals surface area contributed by atoms with Crippen molar-refractivity contribution in [3.63, 3.8) is 0 Å². The lowest BCUT2D eigenvalue weighted by molar-refractivity contribution is 0.414. The van der Waals surface area contributed by atoms with Crippen LogP contribution in [0.4, 0.5) is 0 Å². The van der Waals surface area contributed by atoms with Gasteiger partial charge in [-0.2, -0.15) is 5.10 Å². The average molecular weight is 458 g/mol. The van der Waals surface area contributed by atoms with Crippen molar-refractivity contribution in [3.8, 4) is 5.75 Å². The molecule has 2 N–H and O–H groups in total. The molecule has 0 unspecified atom stereocenters. The summed E-state index contributed by atoms with van der Waals surface area (Å²) in [4.78, 5) is 8.45. The summed E-state index contributed by atoms with van der Waals surface area (Å²) in [6.07, 6.45) is 1.54. The van der Waals surface area contributed by atoms with Crippen LogP contribution in [0.5, 0.6) is 5.75 Å². The number of ether oxygens (including phenoxy) is 1. The van der Waals surface area contributed by atoms with Crippen molar-refractivity contribution in [1.82, 2.24) is 25.4 Å². The van der Waals surface area contributed by atoms with Gasteiger partial charge in [-0.3, -0.25) is 9.67 Å². The van der Waals surface area contributed by atoms with E-state index < -0.39 is 0 Å². The van der Waals surface area contributed by atoms with E-state index in [2.05, 4.69) is 51.7 Å². The van der Waals surface area contributed by atoms with E-state index in [1.807, 2.05) is 19.2 Å². The van der Waals surface area contributed by atoms with Gasteiger partial charge in [-0.05, 0) is 17.7 Å². The molecule has 0 amide bonds. The maximum absolute atomic E-state index is 5.22. The number of aryl methyl sites for hydroxylation is 1. The zero-order chi connectivity index (χ0) is 17.6. The van der Waals surface area contributed by atoms with Gasteiger partial charge in [0.2, 0.25) is 0 Å². The number of halogens is 1. The van der Waals surface area contributed by atoms with Crippen LogP contribution in [-0.2, 0) is 19.0 Å². The Morgan fingerprint density at radius 3 is 2.44 bits per heavy atom. The number of hydrogen-bond donors (Lipinski definition) is 2. The van der Waals surface area contributed by atoms with E-state index in [1.165, 1.54) is 5.56 Å². The molecule has 1 heterocycles. The molecule has 0 atom stereocenters. The average Bonchev–Trinajstić information content (AvgIpc) is 3.00. The molecule has 138 valence electrons. The van der Waals surface area contributed by atoms with Crippen LogP contribution in [0.2, 0.25) is 0 Å². The fourth-order valence-corrected chi connectivity index (χ4v) is 2.31. The van der Waals surface area contributed by atoms with Crippen LogP contribution in [0, 0.1) is 0 Å². The second-order valence-electron chi connectivity index (χ2n) is 6.19. The molecule has 2 rings (SSSR count). The van der Waals surface area contributed by atoms with E-state index in [4.69, 9.17) is 4.74 Å². The lowest BCUT2D eigenvalue weighted by Gasteiger charge is -2.27. The zero-order valence-electron chi connectivity index (χ0n) is 15.4. The summed E-state index contributed by atoms with van der Waals surface area (Å²) < 4.78 is 6.95. The minimum Gasteiger partial charge on any atom is -0.497 e. The molecule has 25 heavy (non-hydrogen) atoms. The molecule has 0 bridgehead atoms. The van der Waals surface area contributed by atoms with E-state index >= 15 is 0 Å². The largest absolute Gasteiger partial charge is 0.497 e. The third-order valence-electron chi connectivity index (χ3n) is 4.01. The number of guanidine groups is 1. The lowest BCUT2D eigenvalue weighted by Crippen LogP contribution is -2.43. The van der Waals surface area contributed by atoms with Crippen LogP contribution in [0.1, 0.15) is 25.2 Å².